The predicted octanol–water partition coefficient (Wildman–Crippen LogP) is 2.81. The SMILES string of the molecule is CCOc1cc(C(=O)OCC(=O)Nc2cc(OC)cc(OC)c2)c([N+](=O)[O-])cc1OC. The van der Waals surface area contributed by atoms with Crippen LogP contribution in [0.25, 0.3) is 0 Å². The number of benzene rings is 2. The normalized spacial score (nSPS) is 10.1. The Morgan fingerprint density at radius 2 is 1.61 bits per heavy atom. The number of hydrogen-bond acceptors (Lipinski definition) is 9. The molecule has 166 valence electrons. The van der Waals surface area contributed by atoms with Crippen molar-refractivity contribution in [2.75, 3.05) is 39.9 Å². The molecule has 0 aliphatic heterocycles. The number of methoxy groups -OCH3 is 3. The van der Waals surface area contributed by atoms with Crippen LogP contribution in [0.15, 0.2) is 30.3 Å². The van der Waals surface area contributed by atoms with Crippen molar-refractivity contribution in [1.82, 2.24) is 0 Å². The Hall–Kier alpha value is -4.02. The lowest BCUT2D eigenvalue weighted by Gasteiger charge is -2.12. The molecule has 0 unspecified atom stereocenters. The highest BCUT2D eigenvalue weighted by atomic mass is 16.6. The summed E-state index contributed by atoms with van der Waals surface area (Å²) >= 11 is 0. The minimum Gasteiger partial charge on any atom is -0.497 e. The molecule has 0 aliphatic rings. The molecule has 0 atom stereocenters. The van der Waals surface area contributed by atoms with E-state index in [1.807, 2.05) is 0 Å². The predicted molar refractivity (Wildman–Crippen MR) is 109 cm³/mol. The fourth-order valence-corrected chi connectivity index (χ4v) is 2.58. The van der Waals surface area contributed by atoms with Gasteiger partial charge in [0.05, 0.1) is 38.9 Å². The highest BCUT2D eigenvalue weighted by Crippen LogP contribution is 2.35. The van der Waals surface area contributed by atoms with E-state index >= 15 is 0 Å². The second-order valence-corrected chi connectivity index (χ2v) is 5.94. The quantitative estimate of drug-likeness (QED) is 0.340. The van der Waals surface area contributed by atoms with E-state index in [0.29, 0.717) is 17.2 Å². The van der Waals surface area contributed by atoms with Crippen molar-refractivity contribution in [3.63, 3.8) is 0 Å². The van der Waals surface area contributed by atoms with Gasteiger partial charge in [-0.05, 0) is 6.92 Å². The molecule has 2 aromatic rings. The van der Waals surface area contributed by atoms with Crippen LogP contribution in [0.4, 0.5) is 11.4 Å². The lowest BCUT2D eigenvalue weighted by Crippen LogP contribution is -2.21. The number of carbonyl (C=O) groups excluding carboxylic acids is 2. The summed E-state index contributed by atoms with van der Waals surface area (Å²) in [5.74, 6) is -0.600. The van der Waals surface area contributed by atoms with Gasteiger partial charge < -0.3 is 29.0 Å². The van der Waals surface area contributed by atoms with E-state index < -0.39 is 29.1 Å². The van der Waals surface area contributed by atoms with Gasteiger partial charge in [-0.25, -0.2) is 4.79 Å². The number of carbonyl (C=O) groups is 2. The number of rotatable bonds is 10. The lowest BCUT2D eigenvalue weighted by molar-refractivity contribution is -0.385. The molecule has 0 bridgehead atoms. The number of nitro benzene ring substituents is 1. The van der Waals surface area contributed by atoms with E-state index in [4.69, 9.17) is 23.7 Å². The smallest absolute Gasteiger partial charge is 0.345 e. The summed E-state index contributed by atoms with van der Waals surface area (Å²) < 4.78 is 25.6. The molecule has 11 nitrogen and oxygen atoms in total. The summed E-state index contributed by atoms with van der Waals surface area (Å²) in [6.07, 6.45) is 0. The number of nitro groups is 1. The Morgan fingerprint density at radius 1 is 0.968 bits per heavy atom. The number of nitrogens with one attached hydrogen (secondary N) is 1. The average Bonchev–Trinajstić information content (AvgIpc) is 2.76. The zero-order valence-electron chi connectivity index (χ0n) is 17.4. The van der Waals surface area contributed by atoms with Gasteiger partial charge in [0.2, 0.25) is 0 Å². The Labute approximate surface area is 178 Å². The first kappa shape index (κ1) is 23.3. The van der Waals surface area contributed by atoms with E-state index in [9.17, 15) is 19.7 Å². The van der Waals surface area contributed by atoms with Crippen LogP contribution in [-0.2, 0) is 9.53 Å². The van der Waals surface area contributed by atoms with Crippen LogP contribution < -0.4 is 24.3 Å². The van der Waals surface area contributed by atoms with Crippen molar-refractivity contribution >= 4 is 23.3 Å². The summed E-state index contributed by atoms with van der Waals surface area (Å²) in [7, 11) is 4.23. The van der Waals surface area contributed by atoms with Gasteiger partial charge in [0.15, 0.2) is 18.1 Å². The molecule has 0 aliphatic carbocycles. The molecule has 31 heavy (non-hydrogen) atoms. The molecule has 11 heteroatoms. The zero-order valence-corrected chi connectivity index (χ0v) is 17.4. The fraction of sp³-hybridized carbons (Fsp3) is 0.300. The van der Waals surface area contributed by atoms with Gasteiger partial charge in [-0.3, -0.25) is 14.9 Å². The molecule has 1 N–H and O–H groups in total. The zero-order chi connectivity index (χ0) is 23.0. The van der Waals surface area contributed by atoms with Crippen molar-refractivity contribution in [3.8, 4) is 23.0 Å². The Morgan fingerprint density at radius 3 is 2.13 bits per heavy atom. The average molecular weight is 434 g/mol. The topological polar surface area (TPSA) is 135 Å². The van der Waals surface area contributed by atoms with E-state index in [1.165, 1.54) is 21.3 Å². The molecule has 0 radical (unpaired) electrons. The highest BCUT2D eigenvalue weighted by Gasteiger charge is 2.26. The van der Waals surface area contributed by atoms with E-state index in [-0.39, 0.29) is 23.7 Å². The third kappa shape index (κ3) is 5.98. The van der Waals surface area contributed by atoms with Gasteiger partial charge in [-0.15, -0.1) is 0 Å². The van der Waals surface area contributed by atoms with Crippen LogP contribution in [0.1, 0.15) is 17.3 Å². The highest BCUT2D eigenvalue weighted by molar-refractivity contribution is 5.98. The molecule has 0 saturated heterocycles. The van der Waals surface area contributed by atoms with Crippen molar-refractivity contribution in [2.45, 2.75) is 6.92 Å². The number of amides is 1. The summed E-state index contributed by atoms with van der Waals surface area (Å²) in [6, 6.07) is 6.92. The summed E-state index contributed by atoms with van der Waals surface area (Å²) in [6.45, 7) is 1.28. The molecule has 1 amide bonds. The van der Waals surface area contributed by atoms with E-state index in [2.05, 4.69) is 5.32 Å². The van der Waals surface area contributed by atoms with Crippen molar-refractivity contribution in [3.05, 3.63) is 46.0 Å². The number of hydrogen-bond donors (Lipinski definition) is 1. The molecule has 2 rings (SSSR count). The molecule has 0 aromatic heterocycles. The number of anilines is 1. The van der Waals surface area contributed by atoms with Crippen LogP contribution in [-0.4, -0.2) is 51.3 Å². The second-order valence-electron chi connectivity index (χ2n) is 5.94. The number of nitrogens with zero attached hydrogens (tertiary/aromatic N) is 1. The van der Waals surface area contributed by atoms with Gasteiger partial charge in [0.1, 0.15) is 17.1 Å². The maximum atomic E-state index is 12.4. The summed E-state index contributed by atoms with van der Waals surface area (Å²) in [5.41, 5.74) is -0.556. The Kier molecular flexibility index (Phi) is 8.01. The first-order valence-electron chi connectivity index (χ1n) is 9.02. The minimum atomic E-state index is -1.06. The van der Waals surface area contributed by atoms with Crippen molar-refractivity contribution in [2.24, 2.45) is 0 Å². The van der Waals surface area contributed by atoms with Crippen LogP contribution >= 0.6 is 0 Å². The molecular weight excluding hydrogens is 412 g/mol. The number of ether oxygens (including phenoxy) is 5. The van der Waals surface area contributed by atoms with Gasteiger partial charge in [-0.1, -0.05) is 0 Å². The fourth-order valence-electron chi connectivity index (χ4n) is 2.58. The van der Waals surface area contributed by atoms with Gasteiger partial charge in [0.25, 0.3) is 11.6 Å². The van der Waals surface area contributed by atoms with Crippen LogP contribution in [0.5, 0.6) is 23.0 Å². The van der Waals surface area contributed by atoms with E-state index in [1.54, 1.807) is 25.1 Å². The molecule has 0 heterocycles. The minimum absolute atomic E-state index is 0.0924. The van der Waals surface area contributed by atoms with E-state index in [0.717, 1.165) is 12.1 Å². The third-order valence-electron chi connectivity index (χ3n) is 3.97. The first-order valence-corrected chi connectivity index (χ1v) is 9.02. The molecule has 0 saturated carbocycles. The first-order chi connectivity index (χ1) is 14.8. The van der Waals surface area contributed by atoms with Gasteiger partial charge >= 0.3 is 5.97 Å². The Balaban J connectivity index is 2.15. The molecule has 0 spiro atoms. The maximum Gasteiger partial charge on any atom is 0.345 e. The van der Waals surface area contributed by atoms with Crippen molar-refractivity contribution < 1.29 is 38.2 Å². The maximum absolute atomic E-state index is 12.4. The summed E-state index contributed by atoms with van der Waals surface area (Å²) in [5, 5.41) is 13.9. The third-order valence-corrected chi connectivity index (χ3v) is 3.97. The largest absolute Gasteiger partial charge is 0.497 e. The molecule has 2 aromatic carbocycles. The lowest BCUT2D eigenvalue weighted by atomic mass is 10.1. The molecular formula is C20H22N2O9. The summed E-state index contributed by atoms with van der Waals surface area (Å²) in [4.78, 5) is 35.2. The van der Waals surface area contributed by atoms with Gasteiger partial charge in [-0.2, -0.15) is 0 Å². The van der Waals surface area contributed by atoms with Crippen LogP contribution in [0, 0.1) is 10.1 Å². The number of esters is 1. The monoisotopic (exact) mass is 434 g/mol. The standard InChI is InChI=1S/C20H22N2O9/c1-5-30-18-9-15(16(22(25)26)10-17(18)29-4)20(24)31-11-19(23)21-12-6-13(27-2)8-14(7-12)28-3/h6-10H,5,11H2,1-4H3,(H,21,23). The molecule has 0 fully saturated rings. The van der Waals surface area contributed by atoms with Gasteiger partial charge in [0, 0.05) is 30.0 Å². The van der Waals surface area contributed by atoms with Crippen LogP contribution in [0.2, 0.25) is 0 Å². The van der Waals surface area contributed by atoms with Crippen molar-refractivity contribution in [1.29, 1.82) is 0 Å². The second kappa shape index (κ2) is 10.7. The van der Waals surface area contributed by atoms with Crippen LogP contribution in [0.3, 0.4) is 0 Å². The Bertz CT molecular complexity index is 953.